The monoisotopic (exact) mass is 255 g/mol. The molecule has 0 atom stereocenters. The van der Waals surface area contributed by atoms with E-state index >= 15 is 0 Å². The number of hydrogen-bond acceptors (Lipinski definition) is 2. The highest BCUT2D eigenvalue weighted by atomic mass is 35.5. The molecule has 3 nitrogen and oxygen atoms in total. The molecule has 1 heterocycles. The van der Waals surface area contributed by atoms with Crippen molar-refractivity contribution in [3.8, 4) is 0 Å². The van der Waals surface area contributed by atoms with E-state index in [2.05, 4.69) is 10.4 Å². The summed E-state index contributed by atoms with van der Waals surface area (Å²) in [4.78, 5) is 0. The van der Waals surface area contributed by atoms with Gasteiger partial charge >= 0.3 is 0 Å². The fourth-order valence-electron chi connectivity index (χ4n) is 1.41. The molecule has 0 aliphatic carbocycles. The van der Waals surface area contributed by atoms with Crippen molar-refractivity contribution in [1.82, 2.24) is 9.78 Å². The van der Waals surface area contributed by atoms with Crippen LogP contribution >= 0.6 is 23.2 Å². The standard InChI is InChI=1S/C11H11Cl2N3/c1-16-3-2-10(15-16)7-14-11-5-8(12)4-9(13)6-11/h2-6,14H,7H2,1H3. The van der Waals surface area contributed by atoms with Crippen molar-refractivity contribution in [1.29, 1.82) is 0 Å². The number of benzene rings is 1. The molecule has 0 spiro atoms. The number of nitrogens with zero attached hydrogens (tertiary/aromatic N) is 2. The summed E-state index contributed by atoms with van der Waals surface area (Å²) in [6.07, 6.45) is 1.90. The third-order valence-corrected chi connectivity index (χ3v) is 2.54. The fourth-order valence-corrected chi connectivity index (χ4v) is 1.93. The molecular weight excluding hydrogens is 245 g/mol. The first-order valence-electron chi connectivity index (χ1n) is 4.82. The molecule has 0 bridgehead atoms. The summed E-state index contributed by atoms with van der Waals surface area (Å²) >= 11 is 11.8. The average molecular weight is 256 g/mol. The zero-order valence-electron chi connectivity index (χ0n) is 8.74. The second kappa shape index (κ2) is 4.76. The van der Waals surface area contributed by atoms with Crippen molar-refractivity contribution in [3.05, 3.63) is 46.2 Å². The Labute approximate surface area is 104 Å². The third-order valence-electron chi connectivity index (χ3n) is 2.11. The highest BCUT2D eigenvalue weighted by molar-refractivity contribution is 6.35. The Balaban J connectivity index is 2.04. The van der Waals surface area contributed by atoms with E-state index in [4.69, 9.17) is 23.2 Å². The van der Waals surface area contributed by atoms with Gasteiger partial charge in [0.25, 0.3) is 0 Å². The minimum absolute atomic E-state index is 0.621. The van der Waals surface area contributed by atoms with Crippen LogP contribution in [0.25, 0.3) is 0 Å². The van der Waals surface area contributed by atoms with E-state index in [1.807, 2.05) is 31.4 Å². The number of halogens is 2. The number of aryl methyl sites for hydroxylation is 1. The maximum Gasteiger partial charge on any atom is 0.0815 e. The Kier molecular flexibility index (Phi) is 3.36. The molecule has 16 heavy (non-hydrogen) atoms. The van der Waals surface area contributed by atoms with Gasteiger partial charge in [0, 0.05) is 29.0 Å². The van der Waals surface area contributed by atoms with E-state index in [9.17, 15) is 0 Å². The molecule has 1 aromatic carbocycles. The number of rotatable bonds is 3. The quantitative estimate of drug-likeness (QED) is 0.912. The van der Waals surface area contributed by atoms with Crippen molar-refractivity contribution in [2.45, 2.75) is 6.54 Å². The fraction of sp³-hybridized carbons (Fsp3) is 0.182. The van der Waals surface area contributed by atoms with E-state index in [-0.39, 0.29) is 0 Å². The van der Waals surface area contributed by atoms with Crippen molar-refractivity contribution < 1.29 is 0 Å². The Morgan fingerprint density at radius 2 is 1.94 bits per heavy atom. The first-order valence-corrected chi connectivity index (χ1v) is 5.57. The Morgan fingerprint density at radius 3 is 2.50 bits per heavy atom. The predicted octanol–water partition coefficient (Wildman–Crippen LogP) is 3.34. The van der Waals surface area contributed by atoms with Crippen molar-refractivity contribution >= 4 is 28.9 Å². The second-order valence-electron chi connectivity index (χ2n) is 3.49. The summed E-state index contributed by atoms with van der Waals surface area (Å²) < 4.78 is 1.77. The molecule has 0 amide bonds. The largest absolute Gasteiger partial charge is 0.379 e. The lowest BCUT2D eigenvalue weighted by molar-refractivity contribution is 0.747. The molecule has 1 N–H and O–H groups in total. The average Bonchev–Trinajstić information content (AvgIpc) is 2.60. The Morgan fingerprint density at radius 1 is 1.25 bits per heavy atom. The second-order valence-corrected chi connectivity index (χ2v) is 4.37. The van der Waals surface area contributed by atoms with Gasteiger partial charge in [-0.25, -0.2) is 0 Å². The van der Waals surface area contributed by atoms with Crippen LogP contribution < -0.4 is 5.32 Å². The number of nitrogens with one attached hydrogen (secondary N) is 1. The SMILES string of the molecule is Cn1ccc(CNc2cc(Cl)cc(Cl)c2)n1. The summed E-state index contributed by atoms with van der Waals surface area (Å²) in [6.45, 7) is 0.650. The van der Waals surface area contributed by atoms with Gasteiger partial charge in [0.1, 0.15) is 0 Å². The molecule has 0 aliphatic rings. The lowest BCUT2D eigenvalue weighted by Gasteiger charge is -2.05. The topological polar surface area (TPSA) is 29.9 Å². The van der Waals surface area contributed by atoms with Gasteiger partial charge in [-0.3, -0.25) is 4.68 Å². The van der Waals surface area contributed by atoms with Crippen LogP contribution in [0.3, 0.4) is 0 Å². The molecule has 2 aromatic rings. The highest BCUT2D eigenvalue weighted by Crippen LogP contribution is 2.22. The summed E-state index contributed by atoms with van der Waals surface area (Å²) in [6, 6.07) is 7.32. The van der Waals surface area contributed by atoms with Gasteiger partial charge in [-0.15, -0.1) is 0 Å². The lowest BCUT2D eigenvalue weighted by atomic mass is 10.3. The summed E-state index contributed by atoms with van der Waals surface area (Å²) in [7, 11) is 1.89. The summed E-state index contributed by atoms with van der Waals surface area (Å²) in [5, 5.41) is 8.71. The molecule has 0 saturated carbocycles. The lowest BCUT2D eigenvalue weighted by Crippen LogP contribution is -2.01. The minimum Gasteiger partial charge on any atom is -0.379 e. The first kappa shape index (κ1) is 11.3. The van der Waals surface area contributed by atoms with Gasteiger partial charge in [-0.05, 0) is 24.3 Å². The van der Waals surface area contributed by atoms with Gasteiger partial charge in [0.15, 0.2) is 0 Å². The van der Waals surface area contributed by atoms with Crippen LogP contribution in [0, 0.1) is 0 Å². The molecular formula is C11H11Cl2N3. The number of hydrogen-bond donors (Lipinski definition) is 1. The minimum atomic E-state index is 0.621. The maximum absolute atomic E-state index is 5.89. The van der Waals surface area contributed by atoms with Crippen LogP contribution in [0.2, 0.25) is 10.0 Å². The molecule has 1 aromatic heterocycles. The molecule has 0 fully saturated rings. The van der Waals surface area contributed by atoms with Crippen molar-refractivity contribution in [2.75, 3.05) is 5.32 Å². The van der Waals surface area contributed by atoms with E-state index in [1.54, 1.807) is 10.7 Å². The Hall–Kier alpha value is -1.19. The molecule has 0 radical (unpaired) electrons. The highest BCUT2D eigenvalue weighted by Gasteiger charge is 1.99. The van der Waals surface area contributed by atoms with Crippen LogP contribution in [0.4, 0.5) is 5.69 Å². The summed E-state index contributed by atoms with van der Waals surface area (Å²) in [5.41, 5.74) is 1.86. The molecule has 84 valence electrons. The van der Waals surface area contributed by atoms with Crippen LogP contribution in [-0.4, -0.2) is 9.78 Å². The normalized spacial score (nSPS) is 10.4. The van der Waals surface area contributed by atoms with E-state index in [0.29, 0.717) is 16.6 Å². The van der Waals surface area contributed by atoms with Gasteiger partial charge in [-0.1, -0.05) is 23.2 Å². The number of anilines is 1. The third kappa shape index (κ3) is 2.90. The first-order chi connectivity index (χ1) is 7.63. The molecule has 0 aliphatic heterocycles. The van der Waals surface area contributed by atoms with Crippen LogP contribution in [-0.2, 0) is 13.6 Å². The predicted molar refractivity (Wildman–Crippen MR) is 67.0 cm³/mol. The number of aromatic nitrogens is 2. The van der Waals surface area contributed by atoms with Crippen molar-refractivity contribution in [3.63, 3.8) is 0 Å². The molecule has 5 heteroatoms. The van der Waals surface area contributed by atoms with E-state index < -0.39 is 0 Å². The maximum atomic E-state index is 5.89. The molecule has 0 saturated heterocycles. The molecule has 0 unspecified atom stereocenters. The van der Waals surface area contributed by atoms with Crippen LogP contribution in [0.1, 0.15) is 5.69 Å². The Bertz CT molecular complexity index is 473. The van der Waals surface area contributed by atoms with Gasteiger partial charge in [-0.2, -0.15) is 5.10 Å². The zero-order chi connectivity index (χ0) is 11.5. The van der Waals surface area contributed by atoms with Crippen molar-refractivity contribution in [2.24, 2.45) is 7.05 Å². The smallest absolute Gasteiger partial charge is 0.0815 e. The van der Waals surface area contributed by atoms with E-state index in [0.717, 1.165) is 11.4 Å². The van der Waals surface area contributed by atoms with Gasteiger partial charge in [0.05, 0.1) is 12.2 Å². The van der Waals surface area contributed by atoms with Gasteiger partial charge in [0.2, 0.25) is 0 Å². The summed E-state index contributed by atoms with van der Waals surface area (Å²) in [5.74, 6) is 0. The zero-order valence-corrected chi connectivity index (χ0v) is 10.3. The van der Waals surface area contributed by atoms with Gasteiger partial charge < -0.3 is 5.32 Å². The van der Waals surface area contributed by atoms with Crippen LogP contribution in [0.5, 0.6) is 0 Å². The molecule has 2 rings (SSSR count). The van der Waals surface area contributed by atoms with Crippen LogP contribution in [0.15, 0.2) is 30.5 Å². The van der Waals surface area contributed by atoms with E-state index in [1.165, 1.54) is 0 Å².